The van der Waals surface area contributed by atoms with E-state index in [1.165, 1.54) is 0 Å². The van der Waals surface area contributed by atoms with E-state index < -0.39 is 0 Å². The summed E-state index contributed by atoms with van der Waals surface area (Å²) >= 11 is 0. The number of nitrogens with zero attached hydrogens (tertiary/aromatic N) is 2. The number of amides is 1. The van der Waals surface area contributed by atoms with E-state index in [9.17, 15) is 4.79 Å². The average molecular weight is 298 g/mol. The van der Waals surface area contributed by atoms with Gasteiger partial charge in [0.15, 0.2) is 0 Å². The molecule has 0 unspecified atom stereocenters. The van der Waals surface area contributed by atoms with Crippen LogP contribution in [0, 0.1) is 6.92 Å². The van der Waals surface area contributed by atoms with Gasteiger partial charge in [-0.05, 0) is 60.1 Å². The minimum Gasteiger partial charge on any atom is -0.288 e. The van der Waals surface area contributed by atoms with Crippen LogP contribution >= 0.6 is 0 Å². The van der Waals surface area contributed by atoms with Crippen molar-refractivity contribution in [2.75, 3.05) is 0 Å². The number of hydrogen-bond acceptors (Lipinski definition) is 2. The van der Waals surface area contributed by atoms with Crippen LogP contribution in [0.4, 0.5) is 0 Å². The fraction of sp³-hybridized carbons (Fsp3) is 0.474. The van der Waals surface area contributed by atoms with Crippen molar-refractivity contribution >= 4 is 17.3 Å². The fourth-order valence-electron chi connectivity index (χ4n) is 2.57. The topological polar surface area (TPSA) is 32.7 Å². The summed E-state index contributed by atoms with van der Waals surface area (Å²) in [5.74, 6) is 0.780. The van der Waals surface area contributed by atoms with Gasteiger partial charge in [0.05, 0.1) is 11.1 Å². The van der Waals surface area contributed by atoms with E-state index in [1.807, 2.05) is 78.8 Å². The fourth-order valence-corrected chi connectivity index (χ4v) is 2.57. The van der Waals surface area contributed by atoms with E-state index in [0.29, 0.717) is 0 Å². The summed E-state index contributed by atoms with van der Waals surface area (Å²) in [7, 11) is 0. The Kier molecular flexibility index (Phi) is 4.03. The molecule has 3 heteroatoms. The highest BCUT2D eigenvalue weighted by Crippen LogP contribution is 2.31. The zero-order valence-electron chi connectivity index (χ0n) is 14.7. The molecule has 118 valence electrons. The monoisotopic (exact) mass is 298 g/mol. The van der Waals surface area contributed by atoms with E-state index in [4.69, 9.17) is 4.99 Å². The predicted molar refractivity (Wildman–Crippen MR) is 92.9 cm³/mol. The third-order valence-electron chi connectivity index (χ3n) is 3.39. The number of aryl methyl sites for hydroxylation is 1. The molecule has 0 spiro atoms. The molecule has 1 aromatic carbocycles. The van der Waals surface area contributed by atoms with Crippen molar-refractivity contribution in [3.8, 4) is 0 Å². The smallest absolute Gasteiger partial charge is 0.260 e. The molecule has 0 N–H and O–H groups in total. The molecule has 22 heavy (non-hydrogen) atoms. The Balaban J connectivity index is 2.55. The maximum atomic E-state index is 12.9. The lowest BCUT2D eigenvalue weighted by Crippen LogP contribution is -2.46. The Morgan fingerprint density at radius 1 is 1.05 bits per heavy atom. The van der Waals surface area contributed by atoms with E-state index in [0.717, 1.165) is 22.5 Å². The highest BCUT2D eigenvalue weighted by atomic mass is 16.2. The second-order valence-corrected chi connectivity index (χ2v) is 7.88. The van der Waals surface area contributed by atoms with E-state index >= 15 is 0 Å². The van der Waals surface area contributed by atoms with Crippen LogP contribution in [0.5, 0.6) is 0 Å². The van der Waals surface area contributed by atoms with Crippen LogP contribution in [0.2, 0.25) is 0 Å². The number of aliphatic imine (C=N–C) groups is 1. The molecule has 1 aliphatic rings. The Labute approximate surface area is 133 Å². The van der Waals surface area contributed by atoms with Crippen LogP contribution in [0.15, 0.2) is 35.3 Å². The first-order chi connectivity index (χ1) is 9.99. The molecule has 1 aliphatic heterocycles. The van der Waals surface area contributed by atoms with Crippen molar-refractivity contribution < 1.29 is 4.79 Å². The molecule has 1 amide bonds. The molecule has 0 saturated carbocycles. The molecular weight excluding hydrogens is 272 g/mol. The lowest BCUT2D eigenvalue weighted by molar-refractivity contribution is -0.123. The third kappa shape index (κ3) is 3.46. The molecule has 1 aromatic rings. The second kappa shape index (κ2) is 5.38. The van der Waals surface area contributed by atoms with Gasteiger partial charge in [-0.25, -0.2) is 0 Å². The van der Waals surface area contributed by atoms with Crippen molar-refractivity contribution in [1.29, 1.82) is 0 Å². The van der Waals surface area contributed by atoms with Crippen molar-refractivity contribution in [1.82, 2.24) is 4.90 Å². The van der Waals surface area contributed by atoms with Gasteiger partial charge >= 0.3 is 0 Å². The summed E-state index contributed by atoms with van der Waals surface area (Å²) in [5, 5.41) is 0. The quantitative estimate of drug-likeness (QED) is 0.764. The number of rotatable bonds is 1. The molecule has 0 fully saturated rings. The van der Waals surface area contributed by atoms with Crippen molar-refractivity contribution in [2.24, 2.45) is 4.99 Å². The third-order valence-corrected chi connectivity index (χ3v) is 3.39. The summed E-state index contributed by atoms with van der Waals surface area (Å²) < 4.78 is 0. The van der Waals surface area contributed by atoms with Crippen molar-refractivity contribution in [3.05, 3.63) is 41.5 Å². The summed E-state index contributed by atoms with van der Waals surface area (Å²) in [6.07, 6.45) is 1.92. The zero-order chi connectivity index (χ0) is 16.7. The molecule has 0 aromatic heterocycles. The summed E-state index contributed by atoms with van der Waals surface area (Å²) in [6, 6.07) is 8.05. The number of carbonyl (C=O) groups excluding carboxylic acids is 1. The van der Waals surface area contributed by atoms with Crippen LogP contribution in [-0.2, 0) is 4.79 Å². The Morgan fingerprint density at radius 2 is 1.68 bits per heavy atom. The minimum absolute atomic E-state index is 0.0288. The van der Waals surface area contributed by atoms with Crippen LogP contribution < -0.4 is 0 Å². The standard InChI is InChI=1S/C19H26N2O/c1-13-9-8-10-14(11-13)15-12-16(20-18(2,3)4)21(17(15)22)19(5,6)7/h8-12H,1-7H3. The van der Waals surface area contributed by atoms with E-state index in [2.05, 4.69) is 0 Å². The van der Waals surface area contributed by atoms with Gasteiger partial charge in [0.1, 0.15) is 5.84 Å². The lowest BCUT2D eigenvalue weighted by atomic mass is 10.0. The normalized spacial score (nSPS) is 18.1. The van der Waals surface area contributed by atoms with Crippen molar-refractivity contribution in [2.45, 2.75) is 59.5 Å². The molecule has 1 heterocycles. The highest BCUT2D eigenvalue weighted by Gasteiger charge is 2.38. The summed E-state index contributed by atoms with van der Waals surface area (Å²) in [5.41, 5.74) is 2.30. The Hall–Kier alpha value is -1.90. The molecule has 0 bridgehead atoms. The molecular formula is C19H26N2O. The second-order valence-electron chi connectivity index (χ2n) is 7.88. The lowest BCUT2D eigenvalue weighted by Gasteiger charge is -2.33. The number of amidine groups is 1. The molecule has 3 nitrogen and oxygen atoms in total. The maximum absolute atomic E-state index is 12.9. The van der Waals surface area contributed by atoms with Gasteiger partial charge in [0.25, 0.3) is 5.91 Å². The number of benzene rings is 1. The van der Waals surface area contributed by atoms with Gasteiger partial charge in [-0.3, -0.25) is 14.7 Å². The first kappa shape index (κ1) is 16.5. The highest BCUT2D eigenvalue weighted by molar-refractivity contribution is 6.34. The van der Waals surface area contributed by atoms with Gasteiger partial charge < -0.3 is 0 Å². The predicted octanol–water partition coefficient (Wildman–Crippen LogP) is 4.22. The van der Waals surface area contributed by atoms with Crippen LogP contribution in [0.1, 0.15) is 52.7 Å². The number of hydrogen-bond donors (Lipinski definition) is 0. The number of carbonyl (C=O) groups is 1. The Bertz CT molecular complexity index is 655. The molecule has 2 rings (SSSR count). The maximum Gasteiger partial charge on any atom is 0.260 e. The van der Waals surface area contributed by atoms with Gasteiger partial charge in [-0.1, -0.05) is 29.8 Å². The van der Waals surface area contributed by atoms with Crippen LogP contribution in [-0.4, -0.2) is 27.7 Å². The van der Waals surface area contributed by atoms with Gasteiger partial charge in [0.2, 0.25) is 0 Å². The van der Waals surface area contributed by atoms with Gasteiger partial charge in [-0.15, -0.1) is 0 Å². The average Bonchev–Trinajstić information content (AvgIpc) is 2.63. The molecule has 0 radical (unpaired) electrons. The van der Waals surface area contributed by atoms with E-state index in [1.54, 1.807) is 4.90 Å². The zero-order valence-corrected chi connectivity index (χ0v) is 14.7. The largest absolute Gasteiger partial charge is 0.288 e. The first-order valence-electron chi connectivity index (χ1n) is 7.72. The van der Waals surface area contributed by atoms with Gasteiger partial charge in [-0.2, -0.15) is 0 Å². The SMILES string of the molecule is Cc1cccc(C2=CC(=NC(C)(C)C)N(C(C)(C)C)C2=O)c1. The summed E-state index contributed by atoms with van der Waals surface area (Å²) in [4.78, 5) is 19.5. The molecule has 0 aliphatic carbocycles. The van der Waals surface area contributed by atoms with Crippen molar-refractivity contribution in [3.63, 3.8) is 0 Å². The first-order valence-corrected chi connectivity index (χ1v) is 7.72. The van der Waals surface area contributed by atoms with Crippen LogP contribution in [0.25, 0.3) is 5.57 Å². The van der Waals surface area contributed by atoms with Crippen LogP contribution in [0.3, 0.4) is 0 Å². The Morgan fingerprint density at radius 3 is 2.18 bits per heavy atom. The molecule has 0 saturated heterocycles. The minimum atomic E-state index is -0.302. The van der Waals surface area contributed by atoms with E-state index in [-0.39, 0.29) is 17.0 Å². The molecule has 0 atom stereocenters. The van der Waals surface area contributed by atoms with Gasteiger partial charge in [0, 0.05) is 5.54 Å². The summed E-state index contributed by atoms with van der Waals surface area (Å²) in [6.45, 7) is 14.3.